The molecule has 3 fully saturated rings. The zero-order valence-corrected chi connectivity index (χ0v) is 7.66. The van der Waals surface area contributed by atoms with Gasteiger partial charge in [0.2, 0.25) is 0 Å². The minimum absolute atomic E-state index is 0.511. The maximum atomic E-state index is 4.35. The predicted octanol–water partition coefficient (Wildman–Crippen LogP) is 3.57. The van der Waals surface area contributed by atoms with Crippen molar-refractivity contribution in [1.29, 1.82) is 0 Å². The monoisotopic (exact) mass is 151 g/mol. The molecule has 0 heteroatoms. The standard InChI is InChI=1S/C11H19/c1-3-11-7-4-10(2,5-8-11)6-9-11/h2-9H2,1H3. The first kappa shape index (κ1) is 7.64. The zero-order valence-electron chi connectivity index (χ0n) is 7.66. The van der Waals surface area contributed by atoms with Crippen LogP contribution in [0.2, 0.25) is 0 Å². The molecular formula is C11H19. The average molecular weight is 151 g/mol. The third kappa shape index (κ3) is 1.11. The van der Waals surface area contributed by atoms with Crippen LogP contribution >= 0.6 is 0 Å². The lowest BCUT2D eigenvalue weighted by Crippen LogP contribution is -2.39. The molecule has 0 heterocycles. The van der Waals surface area contributed by atoms with E-state index in [0.29, 0.717) is 5.41 Å². The third-order valence-corrected chi connectivity index (χ3v) is 4.31. The lowest BCUT2D eigenvalue weighted by Gasteiger charge is -2.52. The Bertz CT molecular complexity index is 133. The topological polar surface area (TPSA) is 0 Å². The van der Waals surface area contributed by atoms with Crippen LogP contribution in [0, 0.1) is 17.8 Å². The fourth-order valence-electron chi connectivity index (χ4n) is 2.87. The second-order valence-electron chi connectivity index (χ2n) is 4.85. The number of hydrogen-bond donors (Lipinski definition) is 0. The van der Waals surface area contributed by atoms with Crippen molar-refractivity contribution in [2.45, 2.75) is 51.9 Å². The summed E-state index contributed by atoms with van der Waals surface area (Å²) in [7, 11) is 0. The van der Waals surface area contributed by atoms with Crippen molar-refractivity contribution >= 4 is 0 Å². The van der Waals surface area contributed by atoms with Gasteiger partial charge < -0.3 is 0 Å². The van der Waals surface area contributed by atoms with E-state index in [1.807, 2.05) is 0 Å². The van der Waals surface area contributed by atoms with Crippen LogP contribution in [0.3, 0.4) is 0 Å². The second kappa shape index (κ2) is 2.24. The molecule has 0 nitrogen and oxygen atoms in total. The van der Waals surface area contributed by atoms with Crippen molar-refractivity contribution in [1.82, 2.24) is 0 Å². The summed E-state index contributed by atoms with van der Waals surface area (Å²) in [6, 6.07) is 0. The van der Waals surface area contributed by atoms with Crippen LogP contribution in [0.1, 0.15) is 51.9 Å². The van der Waals surface area contributed by atoms with Crippen molar-refractivity contribution in [2.24, 2.45) is 10.8 Å². The van der Waals surface area contributed by atoms with Gasteiger partial charge in [0.15, 0.2) is 0 Å². The summed E-state index contributed by atoms with van der Waals surface area (Å²) >= 11 is 0. The number of rotatable bonds is 1. The van der Waals surface area contributed by atoms with Crippen molar-refractivity contribution < 1.29 is 0 Å². The summed E-state index contributed by atoms with van der Waals surface area (Å²) in [6.07, 6.45) is 10.0. The van der Waals surface area contributed by atoms with Crippen LogP contribution < -0.4 is 0 Å². The first-order valence-corrected chi connectivity index (χ1v) is 5.04. The molecule has 3 aliphatic rings. The van der Waals surface area contributed by atoms with E-state index >= 15 is 0 Å². The Balaban J connectivity index is 2.12. The summed E-state index contributed by atoms with van der Waals surface area (Å²) in [5.41, 5.74) is 1.27. The fourth-order valence-corrected chi connectivity index (χ4v) is 2.87. The molecule has 0 spiro atoms. The van der Waals surface area contributed by atoms with Crippen LogP contribution in [-0.2, 0) is 0 Å². The fraction of sp³-hybridized carbons (Fsp3) is 0.909. The first-order valence-electron chi connectivity index (χ1n) is 5.04. The highest BCUT2D eigenvalue weighted by atomic mass is 14.5. The number of fused-ring (bicyclic) bond motifs is 3. The molecule has 11 heavy (non-hydrogen) atoms. The summed E-state index contributed by atoms with van der Waals surface area (Å²) in [5.74, 6) is 0. The molecule has 63 valence electrons. The summed E-state index contributed by atoms with van der Waals surface area (Å²) in [5, 5.41) is 0. The Labute approximate surface area is 70.4 Å². The molecule has 0 aromatic heterocycles. The minimum atomic E-state index is 0.511. The molecule has 0 N–H and O–H groups in total. The quantitative estimate of drug-likeness (QED) is 0.537. The van der Waals surface area contributed by atoms with Crippen LogP contribution in [0.25, 0.3) is 0 Å². The highest BCUT2D eigenvalue weighted by Gasteiger charge is 2.44. The molecular weight excluding hydrogens is 132 g/mol. The molecule has 0 aromatic rings. The molecule has 0 amide bonds. The zero-order chi connectivity index (χ0) is 7.95. The largest absolute Gasteiger partial charge is 0.0649 e. The summed E-state index contributed by atoms with van der Waals surface area (Å²) in [6.45, 7) is 6.71. The lowest BCUT2D eigenvalue weighted by atomic mass is 9.54. The maximum absolute atomic E-state index is 4.35. The van der Waals surface area contributed by atoms with Crippen molar-refractivity contribution in [2.75, 3.05) is 0 Å². The van der Waals surface area contributed by atoms with E-state index in [0.717, 1.165) is 5.41 Å². The van der Waals surface area contributed by atoms with E-state index < -0.39 is 0 Å². The highest BCUT2D eigenvalue weighted by Crippen LogP contribution is 2.57. The average Bonchev–Trinajstić information content (AvgIpc) is 2.07. The molecule has 1 radical (unpaired) electrons. The number of hydrogen-bond acceptors (Lipinski definition) is 0. The van der Waals surface area contributed by atoms with Gasteiger partial charge in [-0.15, -0.1) is 0 Å². The molecule has 3 saturated carbocycles. The summed E-state index contributed by atoms with van der Waals surface area (Å²) < 4.78 is 0. The van der Waals surface area contributed by atoms with Crippen LogP contribution in [-0.4, -0.2) is 0 Å². The molecule has 3 rings (SSSR count). The van der Waals surface area contributed by atoms with Gasteiger partial charge in [-0.2, -0.15) is 0 Å². The van der Waals surface area contributed by atoms with Gasteiger partial charge in [-0.3, -0.25) is 0 Å². The maximum Gasteiger partial charge on any atom is -0.0297 e. The predicted molar refractivity (Wildman–Crippen MR) is 48.2 cm³/mol. The van der Waals surface area contributed by atoms with E-state index in [-0.39, 0.29) is 0 Å². The van der Waals surface area contributed by atoms with Crippen molar-refractivity contribution in [3.63, 3.8) is 0 Å². The minimum Gasteiger partial charge on any atom is -0.0649 e. The van der Waals surface area contributed by atoms with Crippen molar-refractivity contribution in [3.05, 3.63) is 6.92 Å². The highest BCUT2D eigenvalue weighted by molar-refractivity contribution is 4.99. The smallest absolute Gasteiger partial charge is 0.0297 e. The van der Waals surface area contributed by atoms with E-state index in [2.05, 4.69) is 13.8 Å². The Hall–Kier alpha value is 0. The SMILES string of the molecule is [CH2]C12CCC(CC)(CC1)CC2. The first-order chi connectivity index (χ1) is 5.18. The van der Waals surface area contributed by atoms with Gasteiger partial charge in [0.05, 0.1) is 0 Å². The van der Waals surface area contributed by atoms with Gasteiger partial charge in [0.25, 0.3) is 0 Å². The van der Waals surface area contributed by atoms with Crippen molar-refractivity contribution in [3.8, 4) is 0 Å². The van der Waals surface area contributed by atoms with E-state index in [4.69, 9.17) is 0 Å². The molecule has 2 bridgehead atoms. The Morgan fingerprint density at radius 3 is 1.82 bits per heavy atom. The lowest BCUT2D eigenvalue weighted by molar-refractivity contribution is 0.0169. The Morgan fingerprint density at radius 1 is 1.00 bits per heavy atom. The van der Waals surface area contributed by atoms with Crippen LogP contribution in [0.15, 0.2) is 0 Å². The van der Waals surface area contributed by atoms with Gasteiger partial charge in [0, 0.05) is 0 Å². The third-order valence-electron chi connectivity index (χ3n) is 4.31. The second-order valence-corrected chi connectivity index (χ2v) is 4.85. The molecule has 3 aliphatic carbocycles. The normalized spacial score (nSPS) is 49.6. The van der Waals surface area contributed by atoms with Crippen LogP contribution in [0.4, 0.5) is 0 Å². The summed E-state index contributed by atoms with van der Waals surface area (Å²) in [4.78, 5) is 0. The van der Waals surface area contributed by atoms with E-state index in [9.17, 15) is 0 Å². The molecule has 0 aliphatic heterocycles. The van der Waals surface area contributed by atoms with Gasteiger partial charge >= 0.3 is 0 Å². The van der Waals surface area contributed by atoms with Gasteiger partial charge in [0.1, 0.15) is 0 Å². The van der Waals surface area contributed by atoms with Crippen LogP contribution in [0.5, 0.6) is 0 Å². The Kier molecular flexibility index (Phi) is 1.56. The van der Waals surface area contributed by atoms with Gasteiger partial charge in [-0.05, 0) is 56.3 Å². The molecule has 0 atom stereocenters. The van der Waals surface area contributed by atoms with E-state index in [1.165, 1.54) is 44.9 Å². The van der Waals surface area contributed by atoms with E-state index in [1.54, 1.807) is 0 Å². The molecule has 0 aromatic carbocycles. The molecule has 0 saturated heterocycles. The Morgan fingerprint density at radius 2 is 1.45 bits per heavy atom. The van der Waals surface area contributed by atoms with Gasteiger partial charge in [-0.1, -0.05) is 13.3 Å². The molecule has 0 unspecified atom stereocenters. The van der Waals surface area contributed by atoms with Gasteiger partial charge in [-0.25, -0.2) is 0 Å².